The van der Waals surface area contributed by atoms with Gasteiger partial charge in [-0.05, 0) is 24.3 Å². The number of halogens is 1. The third-order valence-electron chi connectivity index (χ3n) is 2.72. The van der Waals surface area contributed by atoms with E-state index in [2.05, 4.69) is 9.97 Å². The van der Waals surface area contributed by atoms with Gasteiger partial charge in [0.15, 0.2) is 0 Å². The minimum atomic E-state index is -0.0369. The van der Waals surface area contributed by atoms with E-state index in [1.165, 1.54) is 12.1 Å². The van der Waals surface area contributed by atoms with Crippen molar-refractivity contribution in [3.05, 3.63) is 41.4 Å². The van der Waals surface area contributed by atoms with Crippen molar-refractivity contribution in [3.8, 4) is 22.9 Å². The van der Waals surface area contributed by atoms with Gasteiger partial charge in [-0.15, -0.1) is 0 Å². The molecule has 4 nitrogen and oxygen atoms in total. The van der Waals surface area contributed by atoms with E-state index in [1.807, 2.05) is 6.07 Å². The largest absolute Gasteiger partial charge is 0.507 e. The molecule has 0 atom stereocenters. The molecule has 0 unspecified atom stereocenters. The molecule has 0 amide bonds. The second kappa shape index (κ2) is 3.92. The van der Waals surface area contributed by atoms with Crippen molar-refractivity contribution in [1.82, 2.24) is 9.97 Å². The van der Waals surface area contributed by atoms with E-state index in [1.54, 1.807) is 18.2 Å². The first kappa shape index (κ1) is 10.9. The normalized spacial score (nSPS) is 10.9. The molecule has 3 N–H and O–H groups in total. The molecule has 1 heterocycles. The van der Waals surface area contributed by atoms with E-state index in [0.717, 1.165) is 5.52 Å². The van der Waals surface area contributed by atoms with Crippen molar-refractivity contribution in [2.45, 2.75) is 0 Å². The number of fused-ring (bicyclic) bond motifs is 1. The molecule has 90 valence electrons. The van der Waals surface area contributed by atoms with Crippen LogP contribution >= 0.6 is 11.6 Å². The zero-order chi connectivity index (χ0) is 12.7. The fourth-order valence-corrected chi connectivity index (χ4v) is 2.10. The van der Waals surface area contributed by atoms with E-state index in [0.29, 0.717) is 16.4 Å². The van der Waals surface area contributed by atoms with Gasteiger partial charge in [0.1, 0.15) is 28.4 Å². The lowest BCUT2D eigenvalue weighted by molar-refractivity contribution is 0.453. The van der Waals surface area contributed by atoms with Gasteiger partial charge < -0.3 is 15.2 Å². The predicted molar refractivity (Wildman–Crippen MR) is 69.9 cm³/mol. The molecule has 0 saturated heterocycles. The van der Waals surface area contributed by atoms with Crippen LogP contribution in [0.15, 0.2) is 36.4 Å². The van der Waals surface area contributed by atoms with Crippen molar-refractivity contribution in [2.75, 3.05) is 0 Å². The fourth-order valence-electron chi connectivity index (χ4n) is 1.89. The number of aromatic hydroxyl groups is 2. The highest BCUT2D eigenvalue weighted by Crippen LogP contribution is 2.36. The average Bonchev–Trinajstić information content (AvgIpc) is 2.74. The maximum Gasteiger partial charge on any atom is 0.146 e. The number of para-hydroxylation sites is 1. The second-order valence-corrected chi connectivity index (χ2v) is 4.30. The lowest BCUT2D eigenvalue weighted by Crippen LogP contribution is -1.82. The van der Waals surface area contributed by atoms with Crippen LogP contribution in [0.4, 0.5) is 0 Å². The summed E-state index contributed by atoms with van der Waals surface area (Å²) in [6.45, 7) is 0. The zero-order valence-corrected chi connectivity index (χ0v) is 9.94. The highest BCUT2D eigenvalue weighted by molar-refractivity contribution is 6.35. The van der Waals surface area contributed by atoms with Gasteiger partial charge >= 0.3 is 0 Å². The van der Waals surface area contributed by atoms with Gasteiger partial charge in [-0.2, -0.15) is 0 Å². The van der Waals surface area contributed by atoms with Crippen molar-refractivity contribution >= 4 is 22.6 Å². The van der Waals surface area contributed by atoms with Gasteiger partial charge in [0, 0.05) is 0 Å². The SMILES string of the molecule is Oc1cccc(O)c1-c1nc2c(Cl)cccc2[nH]1. The number of hydrogen-bond donors (Lipinski definition) is 3. The smallest absolute Gasteiger partial charge is 0.146 e. The number of H-pyrrole nitrogens is 1. The molecule has 0 radical (unpaired) electrons. The highest BCUT2D eigenvalue weighted by Gasteiger charge is 2.14. The lowest BCUT2D eigenvalue weighted by Gasteiger charge is -2.02. The van der Waals surface area contributed by atoms with Crippen LogP contribution in [0.3, 0.4) is 0 Å². The first-order chi connectivity index (χ1) is 8.66. The number of nitrogens with zero attached hydrogens (tertiary/aromatic N) is 1. The first-order valence-corrected chi connectivity index (χ1v) is 5.70. The molecule has 0 saturated carbocycles. The third-order valence-corrected chi connectivity index (χ3v) is 3.03. The third kappa shape index (κ3) is 1.58. The number of rotatable bonds is 1. The molecule has 0 fully saturated rings. The minimum Gasteiger partial charge on any atom is -0.507 e. The zero-order valence-electron chi connectivity index (χ0n) is 9.18. The molecule has 0 bridgehead atoms. The van der Waals surface area contributed by atoms with Crippen molar-refractivity contribution < 1.29 is 10.2 Å². The van der Waals surface area contributed by atoms with Gasteiger partial charge in [-0.3, -0.25) is 0 Å². The number of imidazole rings is 1. The summed E-state index contributed by atoms with van der Waals surface area (Å²) in [4.78, 5) is 7.32. The monoisotopic (exact) mass is 260 g/mol. The summed E-state index contributed by atoms with van der Waals surface area (Å²) in [5.41, 5.74) is 1.63. The lowest BCUT2D eigenvalue weighted by atomic mass is 10.1. The van der Waals surface area contributed by atoms with Crippen LogP contribution < -0.4 is 0 Å². The first-order valence-electron chi connectivity index (χ1n) is 5.32. The van der Waals surface area contributed by atoms with E-state index in [9.17, 15) is 10.2 Å². The van der Waals surface area contributed by atoms with Crippen LogP contribution in [0.1, 0.15) is 0 Å². The van der Waals surface area contributed by atoms with Crippen LogP contribution in [0.5, 0.6) is 11.5 Å². The van der Waals surface area contributed by atoms with Crippen LogP contribution in [-0.2, 0) is 0 Å². The Labute approximate surface area is 107 Å². The molecular weight excluding hydrogens is 252 g/mol. The molecule has 0 aliphatic rings. The Hall–Kier alpha value is -2.20. The molecule has 1 aromatic heterocycles. The summed E-state index contributed by atoms with van der Waals surface area (Å²) in [6.07, 6.45) is 0. The van der Waals surface area contributed by atoms with Gasteiger partial charge in [0.2, 0.25) is 0 Å². The molecule has 18 heavy (non-hydrogen) atoms. The van der Waals surface area contributed by atoms with Crippen molar-refractivity contribution in [2.24, 2.45) is 0 Å². The van der Waals surface area contributed by atoms with E-state index < -0.39 is 0 Å². The molecule has 0 aliphatic heterocycles. The van der Waals surface area contributed by atoms with Gasteiger partial charge in [-0.25, -0.2) is 4.98 Å². The summed E-state index contributed by atoms with van der Waals surface area (Å²) in [6, 6.07) is 9.91. The van der Waals surface area contributed by atoms with Crippen LogP contribution in [0.25, 0.3) is 22.4 Å². The fraction of sp³-hybridized carbons (Fsp3) is 0. The molecule has 3 rings (SSSR count). The minimum absolute atomic E-state index is 0.0369. The van der Waals surface area contributed by atoms with Gasteiger partial charge in [-0.1, -0.05) is 23.7 Å². The Morgan fingerprint density at radius 2 is 1.67 bits per heavy atom. The molecule has 5 heteroatoms. The Morgan fingerprint density at radius 1 is 1.00 bits per heavy atom. The van der Waals surface area contributed by atoms with Crippen molar-refractivity contribution in [1.29, 1.82) is 0 Å². The van der Waals surface area contributed by atoms with E-state index in [-0.39, 0.29) is 17.1 Å². The number of aromatic nitrogens is 2. The quantitative estimate of drug-likeness (QED) is 0.629. The van der Waals surface area contributed by atoms with E-state index in [4.69, 9.17) is 11.6 Å². The van der Waals surface area contributed by atoms with Crippen LogP contribution in [-0.4, -0.2) is 20.2 Å². The summed E-state index contributed by atoms with van der Waals surface area (Å²) < 4.78 is 0. The number of phenolic OH excluding ortho intramolecular Hbond substituents is 2. The standard InChI is InChI=1S/C13H9ClN2O2/c14-7-3-1-4-8-12(7)16-13(15-8)11-9(17)5-2-6-10(11)18/h1-6,17-18H,(H,15,16). The number of phenols is 2. The van der Waals surface area contributed by atoms with E-state index >= 15 is 0 Å². The van der Waals surface area contributed by atoms with Crippen molar-refractivity contribution in [3.63, 3.8) is 0 Å². The molecule has 0 spiro atoms. The highest BCUT2D eigenvalue weighted by atomic mass is 35.5. The second-order valence-electron chi connectivity index (χ2n) is 3.89. The average molecular weight is 261 g/mol. The summed E-state index contributed by atoms with van der Waals surface area (Å²) in [5, 5.41) is 20.1. The number of aromatic amines is 1. The Morgan fingerprint density at radius 3 is 2.33 bits per heavy atom. The molecule has 0 aliphatic carbocycles. The number of benzene rings is 2. The van der Waals surface area contributed by atoms with Gasteiger partial charge in [0.25, 0.3) is 0 Å². The maximum atomic E-state index is 9.79. The predicted octanol–water partition coefficient (Wildman–Crippen LogP) is 3.29. The maximum absolute atomic E-state index is 9.79. The van der Waals surface area contributed by atoms with Gasteiger partial charge in [0.05, 0.1) is 10.5 Å². The molecule has 2 aromatic carbocycles. The Kier molecular flexibility index (Phi) is 2.38. The molecular formula is C13H9ClN2O2. The van der Waals surface area contributed by atoms with Crippen LogP contribution in [0, 0.1) is 0 Å². The Bertz CT molecular complexity index is 717. The number of nitrogens with one attached hydrogen (secondary N) is 1. The summed E-state index contributed by atoms with van der Waals surface area (Å²) in [5.74, 6) is 0.309. The van der Waals surface area contributed by atoms with Crippen LogP contribution in [0.2, 0.25) is 5.02 Å². The Balaban J connectivity index is 2.30. The number of hydrogen-bond acceptors (Lipinski definition) is 3. The topological polar surface area (TPSA) is 69.1 Å². The summed E-state index contributed by atoms with van der Waals surface area (Å²) >= 11 is 6.03. The molecule has 3 aromatic rings. The summed E-state index contributed by atoms with van der Waals surface area (Å²) in [7, 11) is 0.